The highest BCUT2D eigenvalue weighted by Crippen LogP contribution is 2.28. The van der Waals surface area contributed by atoms with Gasteiger partial charge in [0.1, 0.15) is 5.58 Å². The molecule has 1 aliphatic rings. The van der Waals surface area contributed by atoms with E-state index in [0.717, 1.165) is 35.8 Å². The molecule has 32 heavy (non-hydrogen) atoms. The average Bonchev–Trinajstić information content (AvgIpc) is 3.16. The summed E-state index contributed by atoms with van der Waals surface area (Å²) in [6.07, 6.45) is 4.64. The normalized spacial score (nSPS) is 17.7. The van der Waals surface area contributed by atoms with Crippen molar-refractivity contribution in [3.05, 3.63) is 59.9 Å². The number of sulfonamides is 1. The third kappa shape index (κ3) is 4.59. The molecule has 1 unspecified atom stereocenters. The number of anilines is 1. The average molecular weight is 455 g/mol. The number of amides is 1. The van der Waals surface area contributed by atoms with Gasteiger partial charge in [0.2, 0.25) is 15.9 Å². The van der Waals surface area contributed by atoms with E-state index in [2.05, 4.69) is 25.2 Å². The summed E-state index contributed by atoms with van der Waals surface area (Å²) in [6.45, 7) is 6.76. The van der Waals surface area contributed by atoms with Gasteiger partial charge in [-0.15, -0.1) is 0 Å². The monoisotopic (exact) mass is 454 g/mol. The van der Waals surface area contributed by atoms with Crippen LogP contribution in [-0.2, 0) is 21.2 Å². The van der Waals surface area contributed by atoms with Gasteiger partial charge in [0.05, 0.1) is 17.6 Å². The van der Waals surface area contributed by atoms with Crippen molar-refractivity contribution in [2.45, 2.75) is 63.3 Å². The van der Waals surface area contributed by atoms with Crippen LogP contribution in [-0.4, -0.2) is 31.2 Å². The highest BCUT2D eigenvalue weighted by Gasteiger charge is 2.30. The van der Waals surface area contributed by atoms with Crippen LogP contribution < -0.4 is 5.32 Å². The summed E-state index contributed by atoms with van der Waals surface area (Å²) in [5.41, 5.74) is 3.36. The molecule has 0 spiro atoms. The molecule has 1 atom stereocenters. The minimum atomic E-state index is -3.52. The molecule has 4 rings (SSSR count). The van der Waals surface area contributed by atoms with Crippen LogP contribution in [0.1, 0.15) is 57.1 Å². The van der Waals surface area contributed by atoms with Gasteiger partial charge in [0, 0.05) is 29.2 Å². The van der Waals surface area contributed by atoms with Gasteiger partial charge in [-0.3, -0.25) is 4.79 Å². The summed E-state index contributed by atoms with van der Waals surface area (Å²) >= 11 is 0. The lowest BCUT2D eigenvalue weighted by Crippen LogP contribution is -2.41. The van der Waals surface area contributed by atoms with Crippen molar-refractivity contribution in [3.8, 4) is 0 Å². The fourth-order valence-corrected chi connectivity index (χ4v) is 5.95. The highest BCUT2D eigenvalue weighted by atomic mass is 32.2. The van der Waals surface area contributed by atoms with Crippen LogP contribution >= 0.6 is 0 Å². The van der Waals surface area contributed by atoms with E-state index in [0.29, 0.717) is 18.2 Å². The first-order valence-corrected chi connectivity index (χ1v) is 12.6. The number of carbonyl (C=O) groups excluding carboxylic acids is 1. The molecule has 2 aromatic carbocycles. The molecule has 1 N–H and O–H groups in total. The molecular formula is C25H30N2O4S. The SMILES string of the molecule is CC(C)c1ccc2occ(CC(=O)Nc3ccc(S(=O)(=O)N4CCCCC4C)cc3)c2c1. The number of hydrogen-bond donors (Lipinski definition) is 1. The zero-order valence-electron chi connectivity index (χ0n) is 18.8. The van der Waals surface area contributed by atoms with Crippen LogP contribution in [0, 0.1) is 0 Å². The number of piperidine rings is 1. The number of fused-ring (bicyclic) bond motifs is 1. The van der Waals surface area contributed by atoms with Crippen LogP contribution in [0.5, 0.6) is 0 Å². The van der Waals surface area contributed by atoms with Crippen LogP contribution in [0.15, 0.2) is 58.0 Å². The van der Waals surface area contributed by atoms with Crippen molar-refractivity contribution < 1.29 is 17.6 Å². The Morgan fingerprint density at radius 1 is 1.16 bits per heavy atom. The summed E-state index contributed by atoms with van der Waals surface area (Å²) in [6, 6.07) is 12.5. The molecule has 1 saturated heterocycles. The zero-order chi connectivity index (χ0) is 22.9. The Balaban J connectivity index is 1.45. The fraction of sp³-hybridized carbons (Fsp3) is 0.400. The van der Waals surface area contributed by atoms with Gasteiger partial charge in [0.15, 0.2) is 0 Å². The third-order valence-corrected chi connectivity index (χ3v) is 8.21. The smallest absolute Gasteiger partial charge is 0.243 e. The summed E-state index contributed by atoms with van der Waals surface area (Å²) in [5, 5.41) is 3.81. The highest BCUT2D eigenvalue weighted by molar-refractivity contribution is 7.89. The first-order valence-electron chi connectivity index (χ1n) is 11.2. The zero-order valence-corrected chi connectivity index (χ0v) is 19.6. The number of nitrogens with one attached hydrogen (secondary N) is 1. The first kappa shape index (κ1) is 22.6. The topological polar surface area (TPSA) is 79.6 Å². The quantitative estimate of drug-likeness (QED) is 0.548. The predicted molar refractivity (Wildman–Crippen MR) is 126 cm³/mol. The van der Waals surface area contributed by atoms with E-state index in [1.165, 1.54) is 5.56 Å². The largest absolute Gasteiger partial charge is 0.464 e. The van der Waals surface area contributed by atoms with E-state index in [4.69, 9.17) is 4.42 Å². The minimum absolute atomic E-state index is 0.00845. The van der Waals surface area contributed by atoms with E-state index in [1.807, 2.05) is 19.1 Å². The number of carbonyl (C=O) groups is 1. The number of hydrogen-bond acceptors (Lipinski definition) is 4. The van der Waals surface area contributed by atoms with E-state index in [1.54, 1.807) is 34.8 Å². The van der Waals surface area contributed by atoms with Crippen molar-refractivity contribution in [1.82, 2.24) is 4.31 Å². The molecule has 1 aliphatic heterocycles. The Bertz CT molecular complexity index is 1210. The van der Waals surface area contributed by atoms with Crippen LogP contribution in [0.2, 0.25) is 0 Å². The molecular weight excluding hydrogens is 424 g/mol. The standard InChI is InChI=1S/C25H30N2O4S/c1-17(2)19-7-12-24-23(14-19)20(16-31-24)15-25(28)26-21-8-10-22(11-9-21)32(29,30)27-13-5-4-6-18(27)3/h7-12,14,16-18H,4-6,13,15H2,1-3H3,(H,26,28). The molecule has 170 valence electrons. The maximum absolute atomic E-state index is 13.0. The van der Waals surface area contributed by atoms with Crippen molar-refractivity contribution in [3.63, 3.8) is 0 Å². The summed E-state index contributed by atoms with van der Waals surface area (Å²) in [7, 11) is -3.52. The maximum Gasteiger partial charge on any atom is 0.243 e. The van der Waals surface area contributed by atoms with Gasteiger partial charge in [0.25, 0.3) is 0 Å². The second-order valence-corrected chi connectivity index (χ2v) is 10.8. The lowest BCUT2D eigenvalue weighted by Gasteiger charge is -2.32. The summed E-state index contributed by atoms with van der Waals surface area (Å²) in [5.74, 6) is 0.210. The summed E-state index contributed by atoms with van der Waals surface area (Å²) < 4.78 is 33.1. The Hall–Kier alpha value is -2.64. The number of furan rings is 1. The molecule has 0 radical (unpaired) electrons. The predicted octanol–water partition coefficient (Wildman–Crippen LogP) is 5.30. The molecule has 1 fully saturated rings. The number of rotatable bonds is 6. The van der Waals surface area contributed by atoms with Crippen LogP contribution in [0.25, 0.3) is 11.0 Å². The molecule has 0 aliphatic carbocycles. The lowest BCUT2D eigenvalue weighted by molar-refractivity contribution is -0.115. The Morgan fingerprint density at radius 3 is 2.59 bits per heavy atom. The minimum Gasteiger partial charge on any atom is -0.464 e. The molecule has 6 nitrogen and oxygen atoms in total. The number of benzene rings is 2. The van der Waals surface area contributed by atoms with Gasteiger partial charge >= 0.3 is 0 Å². The van der Waals surface area contributed by atoms with E-state index >= 15 is 0 Å². The molecule has 0 saturated carbocycles. The Kier molecular flexibility index (Phi) is 6.40. The molecule has 0 bridgehead atoms. The molecule has 2 heterocycles. The van der Waals surface area contributed by atoms with Gasteiger partial charge in [-0.05, 0) is 67.6 Å². The van der Waals surface area contributed by atoms with Gasteiger partial charge in [-0.2, -0.15) is 4.31 Å². The fourth-order valence-electron chi connectivity index (χ4n) is 4.25. The first-order chi connectivity index (χ1) is 15.3. The van der Waals surface area contributed by atoms with Crippen LogP contribution in [0.4, 0.5) is 5.69 Å². The summed E-state index contributed by atoms with van der Waals surface area (Å²) in [4.78, 5) is 12.9. The van der Waals surface area contributed by atoms with Crippen molar-refractivity contribution in [1.29, 1.82) is 0 Å². The Morgan fingerprint density at radius 2 is 1.91 bits per heavy atom. The van der Waals surface area contributed by atoms with Crippen molar-refractivity contribution >= 4 is 32.6 Å². The van der Waals surface area contributed by atoms with Gasteiger partial charge < -0.3 is 9.73 Å². The van der Waals surface area contributed by atoms with E-state index < -0.39 is 10.0 Å². The second kappa shape index (κ2) is 9.08. The lowest BCUT2D eigenvalue weighted by atomic mass is 10.00. The molecule has 1 aromatic heterocycles. The number of nitrogens with zero attached hydrogens (tertiary/aromatic N) is 1. The molecule has 7 heteroatoms. The molecule has 1 amide bonds. The van der Waals surface area contributed by atoms with Gasteiger partial charge in [-0.25, -0.2) is 8.42 Å². The second-order valence-electron chi connectivity index (χ2n) is 8.88. The van der Waals surface area contributed by atoms with Crippen LogP contribution in [0.3, 0.4) is 0 Å². The van der Waals surface area contributed by atoms with Crippen molar-refractivity contribution in [2.75, 3.05) is 11.9 Å². The van der Waals surface area contributed by atoms with Crippen molar-refractivity contribution in [2.24, 2.45) is 0 Å². The van der Waals surface area contributed by atoms with E-state index in [9.17, 15) is 13.2 Å². The third-order valence-electron chi connectivity index (χ3n) is 6.18. The van der Waals surface area contributed by atoms with E-state index in [-0.39, 0.29) is 23.3 Å². The Labute approximate surface area is 189 Å². The van der Waals surface area contributed by atoms with Gasteiger partial charge in [-0.1, -0.05) is 26.3 Å². The molecule has 3 aromatic rings. The maximum atomic E-state index is 13.0.